The first-order valence-electron chi connectivity index (χ1n) is 6.22. The van der Waals surface area contributed by atoms with Crippen LogP contribution in [-0.4, -0.2) is 42.1 Å². The lowest BCUT2D eigenvalue weighted by Crippen LogP contribution is -2.09. The van der Waals surface area contributed by atoms with Gasteiger partial charge in [0.15, 0.2) is 11.6 Å². The van der Waals surface area contributed by atoms with Crippen molar-refractivity contribution in [3.8, 4) is 5.75 Å². The van der Waals surface area contributed by atoms with Crippen LogP contribution in [0.1, 0.15) is 19.8 Å². The Hall–Kier alpha value is -1.01. The van der Waals surface area contributed by atoms with Gasteiger partial charge in [0.05, 0.1) is 13.2 Å². The molecule has 1 unspecified atom stereocenters. The first-order chi connectivity index (χ1) is 8.85. The average molecular weight is 269 g/mol. The molecule has 1 aromatic heterocycles. The Balaban J connectivity index is 2.03. The highest BCUT2D eigenvalue weighted by atomic mass is 32.2. The number of nitrogens with zero attached hydrogens (tertiary/aromatic N) is 2. The van der Waals surface area contributed by atoms with Gasteiger partial charge in [0.1, 0.15) is 11.4 Å². The summed E-state index contributed by atoms with van der Waals surface area (Å²) in [6.07, 6.45) is 4.21. The molecule has 100 valence electrons. The molecule has 1 N–H and O–H groups in total. The van der Waals surface area contributed by atoms with Gasteiger partial charge in [0.2, 0.25) is 0 Å². The molecular weight excluding hydrogens is 250 g/mol. The predicted molar refractivity (Wildman–Crippen MR) is 72.4 cm³/mol. The van der Waals surface area contributed by atoms with Gasteiger partial charge in [-0.05, 0) is 19.8 Å². The third-order valence-corrected chi connectivity index (χ3v) is 3.85. The molecule has 18 heavy (non-hydrogen) atoms. The molecule has 0 spiro atoms. The fraction of sp³-hybridized carbons (Fsp3) is 0.667. The van der Waals surface area contributed by atoms with Crippen LogP contribution >= 0.6 is 11.8 Å². The number of aromatic nitrogens is 2. The highest BCUT2D eigenvalue weighted by Crippen LogP contribution is 2.33. The van der Waals surface area contributed by atoms with Crippen molar-refractivity contribution in [3.05, 3.63) is 6.33 Å². The van der Waals surface area contributed by atoms with Crippen LogP contribution in [0, 0.1) is 0 Å². The van der Waals surface area contributed by atoms with Gasteiger partial charge in [-0.2, -0.15) is 0 Å². The van der Waals surface area contributed by atoms with Crippen LogP contribution in [-0.2, 0) is 4.74 Å². The maximum absolute atomic E-state index is 5.61. The second kappa shape index (κ2) is 6.80. The molecule has 1 saturated heterocycles. The Labute approximate surface area is 112 Å². The third kappa shape index (κ3) is 3.26. The first kappa shape index (κ1) is 13.4. The van der Waals surface area contributed by atoms with Crippen molar-refractivity contribution < 1.29 is 9.47 Å². The Morgan fingerprint density at radius 3 is 3.11 bits per heavy atom. The maximum Gasteiger partial charge on any atom is 0.193 e. The molecule has 1 fully saturated rings. The highest BCUT2D eigenvalue weighted by Gasteiger charge is 2.18. The summed E-state index contributed by atoms with van der Waals surface area (Å²) < 4.78 is 11.0. The summed E-state index contributed by atoms with van der Waals surface area (Å²) >= 11 is 1.67. The molecule has 0 saturated carbocycles. The number of thioether (sulfide) groups is 1. The van der Waals surface area contributed by atoms with Crippen molar-refractivity contribution in [2.45, 2.75) is 30.9 Å². The molecule has 1 aliphatic heterocycles. The van der Waals surface area contributed by atoms with Crippen LogP contribution in [0.5, 0.6) is 5.75 Å². The van der Waals surface area contributed by atoms with Gasteiger partial charge in [0, 0.05) is 18.9 Å². The largest absolute Gasteiger partial charge is 0.490 e. The summed E-state index contributed by atoms with van der Waals surface area (Å²) in [7, 11) is 1.65. The zero-order valence-electron chi connectivity index (χ0n) is 10.8. The number of hydrogen-bond acceptors (Lipinski definition) is 6. The molecule has 1 aliphatic rings. The third-order valence-electron chi connectivity index (χ3n) is 2.75. The second-order valence-electron chi connectivity index (χ2n) is 4.04. The van der Waals surface area contributed by atoms with Crippen molar-refractivity contribution in [2.24, 2.45) is 0 Å². The van der Waals surface area contributed by atoms with Crippen LogP contribution in [0.4, 0.5) is 5.82 Å². The van der Waals surface area contributed by atoms with E-state index in [1.165, 1.54) is 0 Å². The summed E-state index contributed by atoms with van der Waals surface area (Å²) in [5, 5.41) is 4.05. The van der Waals surface area contributed by atoms with E-state index >= 15 is 0 Å². The molecular formula is C12H19N3O2S. The topological polar surface area (TPSA) is 56.3 Å². The zero-order chi connectivity index (χ0) is 12.8. The van der Waals surface area contributed by atoms with Crippen molar-refractivity contribution >= 4 is 17.6 Å². The minimum atomic E-state index is 0.345. The quantitative estimate of drug-likeness (QED) is 0.631. The number of hydrogen-bond donors (Lipinski definition) is 1. The van der Waals surface area contributed by atoms with Crippen molar-refractivity contribution in [1.82, 2.24) is 9.97 Å². The molecule has 2 rings (SSSR count). The highest BCUT2D eigenvalue weighted by molar-refractivity contribution is 7.99. The molecule has 0 amide bonds. The van der Waals surface area contributed by atoms with Gasteiger partial charge in [-0.25, -0.2) is 9.97 Å². The smallest absolute Gasteiger partial charge is 0.193 e. The van der Waals surface area contributed by atoms with Crippen molar-refractivity contribution in [2.75, 3.05) is 31.3 Å². The molecule has 6 heteroatoms. The van der Waals surface area contributed by atoms with Gasteiger partial charge < -0.3 is 14.8 Å². The first-order valence-corrected chi connectivity index (χ1v) is 7.21. The van der Waals surface area contributed by atoms with E-state index in [1.54, 1.807) is 25.2 Å². The number of nitrogens with one attached hydrogen (secondary N) is 1. The van der Waals surface area contributed by atoms with Crippen molar-refractivity contribution in [1.29, 1.82) is 0 Å². The van der Waals surface area contributed by atoms with E-state index in [1.807, 2.05) is 6.92 Å². The molecule has 1 atom stereocenters. The lowest BCUT2D eigenvalue weighted by atomic mass is 10.3. The van der Waals surface area contributed by atoms with Crippen molar-refractivity contribution in [3.63, 3.8) is 0 Å². The van der Waals surface area contributed by atoms with Gasteiger partial charge in [-0.1, -0.05) is 11.8 Å². The number of anilines is 1. The lowest BCUT2D eigenvalue weighted by molar-refractivity contribution is 0.129. The fourth-order valence-electron chi connectivity index (χ4n) is 1.89. The molecule has 0 aliphatic carbocycles. The SMILES string of the molecule is CCNc1ncnc(SCC2CCCO2)c1OC. The van der Waals surface area contributed by atoms with E-state index in [4.69, 9.17) is 9.47 Å². The summed E-state index contributed by atoms with van der Waals surface area (Å²) in [5.74, 6) is 2.39. The Morgan fingerprint density at radius 2 is 2.44 bits per heavy atom. The minimum Gasteiger partial charge on any atom is -0.490 e. The van der Waals surface area contributed by atoms with Crippen LogP contribution in [0.2, 0.25) is 0 Å². The Morgan fingerprint density at radius 1 is 1.56 bits per heavy atom. The molecule has 0 bridgehead atoms. The molecule has 0 radical (unpaired) electrons. The standard InChI is InChI=1S/C12H19N3O2S/c1-3-13-11-10(16-2)12(15-8-14-11)18-7-9-5-4-6-17-9/h8-9H,3-7H2,1-2H3,(H,13,14,15). The van der Waals surface area contributed by atoms with Crippen LogP contribution < -0.4 is 10.1 Å². The van der Waals surface area contributed by atoms with E-state index in [0.29, 0.717) is 6.10 Å². The molecule has 2 heterocycles. The van der Waals surface area contributed by atoms with Crippen LogP contribution in [0.3, 0.4) is 0 Å². The Bertz CT molecular complexity index is 384. The van der Waals surface area contributed by atoms with E-state index in [0.717, 1.165) is 48.3 Å². The summed E-state index contributed by atoms with van der Waals surface area (Å²) in [4.78, 5) is 8.47. The number of rotatable bonds is 6. The van der Waals surface area contributed by atoms with E-state index in [-0.39, 0.29) is 0 Å². The Kier molecular flexibility index (Phi) is 5.07. The van der Waals surface area contributed by atoms with Gasteiger partial charge >= 0.3 is 0 Å². The maximum atomic E-state index is 5.61. The fourth-order valence-corrected chi connectivity index (χ4v) is 2.92. The molecule has 5 nitrogen and oxygen atoms in total. The monoisotopic (exact) mass is 269 g/mol. The van der Waals surface area contributed by atoms with E-state index in [2.05, 4.69) is 15.3 Å². The molecule has 1 aromatic rings. The molecule has 0 aromatic carbocycles. The summed E-state index contributed by atoms with van der Waals surface area (Å²) in [6, 6.07) is 0. The predicted octanol–water partition coefficient (Wildman–Crippen LogP) is 2.19. The van der Waals surface area contributed by atoms with Gasteiger partial charge in [0.25, 0.3) is 0 Å². The van der Waals surface area contributed by atoms with Crippen LogP contribution in [0.25, 0.3) is 0 Å². The van der Waals surface area contributed by atoms with Crippen LogP contribution in [0.15, 0.2) is 11.4 Å². The summed E-state index contributed by atoms with van der Waals surface area (Å²) in [5.41, 5.74) is 0. The normalized spacial score (nSPS) is 18.9. The van der Waals surface area contributed by atoms with Gasteiger partial charge in [-0.15, -0.1) is 0 Å². The lowest BCUT2D eigenvalue weighted by Gasteiger charge is -2.13. The van der Waals surface area contributed by atoms with E-state index < -0.39 is 0 Å². The number of methoxy groups -OCH3 is 1. The number of ether oxygens (including phenoxy) is 2. The average Bonchev–Trinajstić information content (AvgIpc) is 2.90. The van der Waals surface area contributed by atoms with Gasteiger partial charge in [-0.3, -0.25) is 0 Å². The van der Waals surface area contributed by atoms with E-state index in [9.17, 15) is 0 Å². The second-order valence-corrected chi connectivity index (χ2v) is 5.05. The summed E-state index contributed by atoms with van der Waals surface area (Å²) in [6.45, 7) is 3.72. The zero-order valence-corrected chi connectivity index (χ0v) is 11.6. The minimum absolute atomic E-state index is 0.345.